The Hall–Kier alpha value is -1.88. The lowest BCUT2D eigenvalue weighted by Crippen LogP contribution is -2.45. The van der Waals surface area contributed by atoms with Gasteiger partial charge in [0, 0.05) is 18.7 Å². The van der Waals surface area contributed by atoms with Gasteiger partial charge in [-0.1, -0.05) is 19.1 Å². The maximum atomic E-state index is 12.5. The Morgan fingerprint density at radius 1 is 1.30 bits per heavy atom. The number of amides is 1. The lowest BCUT2D eigenvalue weighted by Gasteiger charge is -2.35. The molecule has 1 amide bonds. The zero-order chi connectivity index (χ0) is 17.0. The van der Waals surface area contributed by atoms with Crippen molar-refractivity contribution in [2.45, 2.75) is 39.9 Å². The highest BCUT2D eigenvalue weighted by atomic mass is 16.5. The Kier molecular flexibility index (Phi) is 5.77. The van der Waals surface area contributed by atoms with Crippen molar-refractivity contribution in [1.82, 2.24) is 4.90 Å². The molecule has 2 atom stereocenters. The molecule has 126 valence electrons. The molecular weight excluding hydrogens is 294 g/mol. The molecule has 23 heavy (non-hydrogen) atoms. The highest BCUT2D eigenvalue weighted by Crippen LogP contribution is 2.24. The van der Waals surface area contributed by atoms with Crippen LogP contribution in [0.5, 0.6) is 0 Å². The van der Waals surface area contributed by atoms with E-state index in [1.807, 2.05) is 45.0 Å². The Morgan fingerprint density at radius 2 is 1.96 bits per heavy atom. The summed E-state index contributed by atoms with van der Waals surface area (Å²) in [6.45, 7) is 7.39. The molecule has 0 bridgehead atoms. The van der Waals surface area contributed by atoms with Crippen molar-refractivity contribution in [2.24, 2.45) is 11.8 Å². The lowest BCUT2D eigenvalue weighted by atomic mass is 9.87. The molecule has 0 saturated carbocycles. The SMILES string of the molecule is CC(C)OCc1ccc(C(=O)N2CCC(C(=O)O)C(C)C2)cc1. The maximum Gasteiger partial charge on any atom is 0.306 e. The first kappa shape index (κ1) is 17.5. The van der Waals surface area contributed by atoms with Gasteiger partial charge in [0.1, 0.15) is 0 Å². The second-order valence-electron chi connectivity index (χ2n) is 6.52. The van der Waals surface area contributed by atoms with E-state index in [4.69, 9.17) is 9.84 Å². The van der Waals surface area contributed by atoms with Gasteiger partial charge in [0.15, 0.2) is 0 Å². The number of likely N-dealkylation sites (tertiary alicyclic amines) is 1. The predicted molar refractivity (Wildman–Crippen MR) is 87.2 cm³/mol. The number of nitrogens with zero attached hydrogens (tertiary/aromatic N) is 1. The average molecular weight is 319 g/mol. The van der Waals surface area contributed by atoms with Crippen molar-refractivity contribution in [1.29, 1.82) is 0 Å². The van der Waals surface area contributed by atoms with Gasteiger partial charge in [0.05, 0.1) is 18.6 Å². The van der Waals surface area contributed by atoms with Gasteiger partial charge in [-0.2, -0.15) is 0 Å². The topological polar surface area (TPSA) is 66.8 Å². The van der Waals surface area contributed by atoms with Crippen LogP contribution in [0.3, 0.4) is 0 Å². The first-order valence-electron chi connectivity index (χ1n) is 8.11. The van der Waals surface area contributed by atoms with Crippen LogP contribution in [0.2, 0.25) is 0 Å². The van der Waals surface area contributed by atoms with E-state index >= 15 is 0 Å². The molecular formula is C18H25NO4. The van der Waals surface area contributed by atoms with Crippen LogP contribution in [-0.4, -0.2) is 41.1 Å². The number of hydrogen-bond acceptors (Lipinski definition) is 3. The van der Waals surface area contributed by atoms with Gasteiger partial charge >= 0.3 is 5.97 Å². The van der Waals surface area contributed by atoms with Crippen LogP contribution in [0.15, 0.2) is 24.3 Å². The molecule has 2 rings (SSSR count). The molecule has 0 spiro atoms. The summed E-state index contributed by atoms with van der Waals surface area (Å²) in [6.07, 6.45) is 0.691. The molecule has 0 radical (unpaired) electrons. The molecule has 1 heterocycles. The van der Waals surface area contributed by atoms with E-state index in [1.54, 1.807) is 4.90 Å². The van der Waals surface area contributed by atoms with Gasteiger partial charge in [0.25, 0.3) is 5.91 Å². The number of ether oxygens (including phenoxy) is 1. The summed E-state index contributed by atoms with van der Waals surface area (Å²) < 4.78 is 5.54. The summed E-state index contributed by atoms with van der Waals surface area (Å²) in [5.74, 6) is -1.17. The number of carbonyl (C=O) groups excluding carboxylic acids is 1. The number of carboxylic acid groups (broad SMARTS) is 1. The van der Waals surface area contributed by atoms with Crippen LogP contribution in [0.25, 0.3) is 0 Å². The van der Waals surface area contributed by atoms with Crippen molar-refractivity contribution in [3.63, 3.8) is 0 Å². The Bertz CT molecular complexity index is 553. The third-order valence-electron chi connectivity index (χ3n) is 4.29. The summed E-state index contributed by atoms with van der Waals surface area (Å²) in [5, 5.41) is 9.16. The van der Waals surface area contributed by atoms with Crippen molar-refractivity contribution < 1.29 is 19.4 Å². The van der Waals surface area contributed by atoms with Gasteiger partial charge in [-0.25, -0.2) is 0 Å². The Labute approximate surface area is 137 Å². The van der Waals surface area contributed by atoms with Crippen molar-refractivity contribution in [2.75, 3.05) is 13.1 Å². The normalized spacial score (nSPS) is 21.5. The molecule has 1 aliphatic heterocycles. The zero-order valence-electron chi connectivity index (χ0n) is 14.0. The number of rotatable bonds is 5. The fourth-order valence-corrected chi connectivity index (χ4v) is 2.89. The molecule has 1 fully saturated rings. The second-order valence-corrected chi connectivity index (χ2v) is 6.52. The number of aliphatic carboxylic acids is 1. The van der Waals surface area contributed by atoms with Crippen molar-refractivity contribution in [3.8, 4) is 0 Å². The van der Waals surface area contributed by atoms with Crippen LogP contribution >= 0.6 is 0 Å². The minimum Gasteiger partial charge on any atom is -0.481 e. The summed E-state index contributed by atoms with van der Waals surface area (Å²) >= 11 is 0. The lowest BCUT2D eigenvalue weighted by molar-refractivity contribution is -0.145. The number of carboxylic acids is 1. The standard InChI is InChI=1S/C18H25NO4/c1-12(2)23-11-14-4-6-15(7-5-14)17(20)19-9-8-16(18(21)22)13(3)10-19/h4-7,12-13,16H,8-11H2,1-3H3,(H,21,22). The Morgan fingerprint density at radius 3 is 2.48 bits per heavy atom. The van der Waals surface area contributed by atoms with Crippen LogP contribution in [0.4, 0.5) is 0 Å². The van der Waals surface area contributed by atoms with Gasteiger partial charge in [-0.15, -0.1) is 0 Å². The number of benzene rings is 1. The average Bonchev–Trinajstić information content (AvgIpc) is 2.52. The van der Waals surface area contributed by atoms with E-state index in [0.717, 1.165) is 5.56 Å². The first-order valence-corrected chi connectivity index (χ1v) is 8.11. The summed E-state index contributed by atoms with van der Waals surface area (Å²) in [6, 6.07) is 7.44. The highest BCUT2D eigenvalue weighted by Gasteiger charge is 2.33. The van der Waals surface area contributed by atoms with Gasteiger partial charge in [-0.3, -0.25) is 9.59 Å². The Balaban J connectivity index is 1.97. The minimum atomic E-state index is -0.765. The number of carbonyl (C=O) groups is 2. The molecule has 2 unspecified atom stereocenters. The molecule has 5 nitrogen and oxygen atoms in total. The van der Waals surface area contributed by atoms with Crippen LogP contribution in [-0.2, 0) is 16.1 Å². The molecule has 0 aromatic heterocycles. The predicted octanol–water partition coefficient (Wildman–Crippen LogP) is 2.79. The molecule has 1 aromatic rings. The van der Waals surface area contributed by atoms with E-state index in [-0.39, 0.29) is 23.8 Å². The minimum absolute atomic E-state index is 0.0242. The van der Waals surface area contributed by atoms with Gasteiger partial charge in [0.2, 0.25) is 0 Å². The first-order chi connectivity index (χ1) is 10.9. The van der Waals surface area contributed by atoms with Crippen molar-refractivity contribution >= 4 is 11.9 Å². The molecule has 1 aromatic carbocycles. The highest BCUT2D eigenvalue weighted by molar-refractivity contribution is 5.94. The quantitative estimate of drug-likeness (QED) is 0.906. The van der Waals surface area contributed by atoms with Crippen molar-refractivity contribution in [3.05, 3.63) is 35.4 Å². The second kappa shape index (κ2) is 7.59. The van der Waals surface area contributed by atoms with Gasteiger partial charge in [-0.05, 0) is 43.9 Å². The van der Waals surface area contributed by atoms with E-state index in [1.165, 1.54) is 0 Å². The van der Waals surface area contributed by atoms with Crippen LogP contribution in [0.1, 0.15) is 43.1 Å². The smallest absolute Gasteiger partial charge is 0.306 e. The molecule has 0 aliphatic carbocycles. The number of hydrogen-bond donors (Lipinski definition) is 1. The third kappa shape index (κ3) is 4.55. The molecule has 1 aliphatic rings. The molecule has 1 saturated heterocycles. The van der Waals surface area contributed by atoms with Gasteiger partial charge < -0.3 is 14.7 Å². The molecule has 5 heteroatoms. The van der Waals surface area contributed by atoms with Crippen LogP contribution in [0, 0.1) is 11.8 Å². The monoisotopic (exact) mass is 319 g/mol. The fraction of sp³-hybridized carbons (Fsp3) is 0.556. The number of piperidine rings is 1. The third-order valence-corrected chi connectivity index (χ3v) is 4.29. The molecule has 1 N–H and O–H groups in total. The largest absolute Gasteiger partial charge is 0.481 e. The maximum absolute atomic E-state index is 12.5. The van der Waals surface area contributed by atoms with Crippen LogP contribution < -0.4 is 0 Å². The fourth-order valence-electron chi connectivity index (χ4n) is 2.89. The summed E-state index contributed by atoms with van der Waals surface area (Å²) in [4.78, 5) is 25.4. The van der Waals surface area contributed by atoms with E-state index in [2.05, 4.69) is 0 Å². The van der Waals surface area contributed by atoms with E-state index < -0.39 is 5.97 Å². The van der Waals surface area contributed by atoms with E-state index in [9.17, 15) is 9.59 Å². The van der Waals surface area contributed by atoms with E-state index in [0.29, 0.717) is 31.7 Å². The zero-order valence-corrected chi connectivity index (χ0v) is 14.0. The summed E-state index contributed by atoms with van der Waals surface area (Å²) in [7, 11) is 0. The summed E-state index contributed by atoms with van der Waals surface area (Å²) in [5.41, 5.74) is 1.67.